The molecule has 1 N–H and O–H groups in total. The Morgan fingerprint density at radius 3 is 2.20 bits per heavy atom. The smallest absolute Gasteiger partial charge is 0.148 e. The summed E-state index contributed by atoms with van der Waals surface area (Å²) in [6.45, 7) is 6.69. The maximum atomic E-state index is 10.9. The van der Waals surface area contributed by atoms with Gasteiger partial charge in [-0.2, -0.15) is 0 Å². The molecular formula is C10H24N2O2S. The highest BCUT2D eigenvalue weighted by Gasteiger charge is 2.18. The number of hydrogen-bond donors (Lipinski definition) is 1. The van der Waals surface area contributed by atoms with Crippen molar-refractivity contribution in [1.82, 2.24) is 10.2 Å². The van der Waals surface area contributed by atoms with Gasteiger partial charge in [0.25, 0.3) is 0 Å². The summed E-state index contributed by atoms with van der Waals surface area (Å²) in [6.07, 6.45) is 1.26. The van der Waals surface area contributed by atoms with Crippen LogP contribution in [0.3, 0.4) is 0 Å². The first-order valence-electron chi connectivity index (χ1n) is 5.16. The van der Waals surface area contributed by atoms with E-state index in [2.05, 4.69) is 24.1 Å². The Morgan fingerprint density at radius 1 is 1.27 bits per heavy atom. The third kappa shape index (κ3) is 10.2. The Labute approximate surface area is 94.0 Å². The molecule has 0 rings (SSSR count). The van der Waals surface area contributed by atoms with Gasteiger partial charge in [-0.15, -0.1) is 0 Å². The predicted molar refractivity (Wildman–Crippen MR) is 64.9 cm³/mol. The van der Waals surface area contributed by atoms with Crippen LogP contribution in [0.1, 0.15) is 13.8 Å². The van der Waals surface area contributed by atoms with Crippen LogP contribution < -0.4 is 5.32 Å². The molecule has 0 heterocycles. The van der Waals surface area contributed by atoms with Gasteiger partial charge in [0.1, 0.15) is 9.84 Å². The summed E-state index contributed by atoms with van der Waals surface area (Å²) in [5.41, 5.74) is 0.168. The summed E-state index contributed by atoms with van der Waals surface area (Å²) < 4.78 is 21.8. The van der Waals surface area contributed by atoms with Crippen molar-refractivity contribution in [2.75, 3.05) is 45.7 Å². The lowest BCUT2D eigenvalue weighted by atomic mass is 9.93. The summed E-state index contributed by atoms with van der Waals surface area (Å²) >= 11 is 0. The average Bonchev–Trinajstić information content (AvgIpc) is 1.93. The SMILES string of the molecule is CN(C)CC(C)(C)CNCCS(C)(=O)=O. The van der Waals surface area contributed by atoms with E-state index >= 15 is 0 Å². The maximum Gasteiger partial charge on any atom is 0.148 e. The zero-order chi connectivity index (χ0) is 12.1. The summed E-state index contributed by atoms with van der Waals surface area (Å²) in [6, 6.07) is 0. The van der Waals surface area contributed by atoms with E-state index in [1.54, 1.807) is 0 Å². The fraction of sp³-hybridized carbons (Fsp3) is 1.00. The van der Waals surface area contributed by atoms with Crippen LogP contribution in [0.2, 0.25) is 0 Å². The van der Waals surface area contributed by atoms with Crippen LogP contribution in [0.15, 0.2) is 0 Å². The average molecular weight is 236 g/mol. The number of nitrogens with zero attached hydrogens (tertiary/aromatic N) is 1. The van der Waals surface area contributed by atoms with E-state index in [1.165, 1.54) is 6.26 Å². The molecule has 0 unspecified atom stereocenters. The van der Waals surface area contributed by atoms with E-state index in [1.807, 2.05) is 14.1 Å². The van der Waals surface area contributed by atoms with Crippen molar-refractivity contribution >= 4 is 9.84 Å². The highest BCUT2D eigenvalue weighted by atomic mass is 32.2. The molecule has 0 aromatic carbocycles. The summed E-state index contributed by atoms with van der Waals surface area (Å²) in [7, 11) is 1.24. The van der Waals surface area contributed by atoms with Gasteiger partial charge in [0.05, 0.1) is 5.75 Å². The molecule has 0 saturated heterocycles. The number of nitrogens with one attached hydrogen (secondary N) is 1. The number of sulfone groups is 1. The van der Waals surface area contributed by atoms with Gasteiger partial charge in [0.2, 0.25) is 0 Å². The predicted octanol–water partition coefficient (Wildman–Crippen LogP) is 0.208. The van der Waals surface area contributed by atoms with Crippen LogP contribution >= 0.6 is 0 Å². The molecular weight excluding hydrogens is 212 g/mol. The molecule has 0 saturated carbocycles. The van der Waals surface area contributed by atoms with Crippen molar-refractivity contribution in [2.24, 2.45) is 5.41 Å². The number of hydrogen-bond acceptors (Lipinski definition) is 4. The van der Waals surface area contributed by atoms with Crippen LogP contribution in [0.5, 0.6) is 0 Å². The minimum Gasteiger partial charge on any atom is -0.315 e. The Balaban J connectivity index is 3.76. The molecule has 0 aromatic rings. The van der Waals surface area contributed by atoms with E-state index in [0.717, 1.165) is 13.1 Å². The second kappa shape index (κ2) is 5.82. The van der Waals surface area contributed by atoms with Gasteiger partial charge in [-0.1, -0.05) is 13.8 Å². The fourth-order valence-electron chi connectivity index (χ4n) is 1.60. The monoisotopic (exact) mass is 236 g/mol. The lowest BCUT2D eigenvalue weighted by molar-refractivity contribution is 0.234. The second-order valence-corrected chi connectivity index (χ2v) is 7.47. The van der Waals surface area contributed by atoms with E-state index in [0.29, 0.717) is 6.54 Å². The maximum absolute atomic E-state index is 10.9. The molecule has 0 bridgehead atoms. The normalized spacial score (nSPS) is 13.5. The first-order valence-corrected chi connectivity index (χ1v) is 7.22. The van der Waals surface area contributed by atoms with Crippen molar-refractivity contribution in [2.45, 2.75) is 13.8 Å². The molecule has 4 nitrogen and oxygen atoms in total. The highest BCUT2D eigenvalue weighted by Crippen LogP contribution is 2.13. The van der Waals surface area contributed by atoms with Gasteiger partial charge in [-0.25, -0.2) is 8.42 Å². The lowest BCUT2D eigenvalue weighted by Crippen LogP contribution is -2.39. The van der Waals surface area contributed by atoms with Crippen molar-refractivity contribution in [3.63, 3.8) is 0 Å². The molecule has 0 spiro atoms. The molecule has 0 aliphatic heterocycles. The number of rotatable bonds is 7. The molecule has 15 heavy (non-hydrogen) atoms. The fourth-order valence-corrected chi connectivity index (χ4v) is 2.11. The molecule has 0 amide bonds. The third-order valence-corrected chi connectivity index (χ3v) is 2.94. The third-order valence-electron chi connectivity index (χ3n) is 2.00. The standard InChI is InChI=1S/C10H24N2O2S/c1-10(2,9-12(3)4)8-11-6-7-15(5,13)14/h11H,6-9H2,1-5H3. The largest absolute Gasteiger partial charge is 0.315 e. The van der Waals surface area contributed by atoms with Gasteiger partial charge >= 0.3 is 0 Å². The van der Waals surface area contributed by atoms with E-state index in [-0.39, 0.29) is 11.2 Å². The Kier molecular flexibility index (Phi) is 5.77. The summed E-state index contributed by atoms with van der Waals surface area (Å²) in [4.78, 5) is 2.14. The molecule has 0 aromatic heterocycles. The van der Waals surface area contributed by atoms with Crippen LogP contribution in [0.4, 0.5) is 0 Å². The minimum atomic E-state index is -2.84. The van der Waals surface area contributed by atoms with E-state index in [4.69, 9.17) is 0 Å². The summed E-state index contributed by atoms with van der Waals surface area (Å²) in [5.74, 6) is 0.213. The minimum absolute atomic E-state index is 0.168. The van der Waals surface area contributed by atoms with Crippen LogP contribution in [-0.2, 0) is 9.84 Å². The first-order chi connectivity index (χ1) is 6.62. The van der Waals surface area contributed by atoms with Crippen molar-refractivity contribution in [3.8, 4) is 0 Å². The molecule has 5 heteroatoms. The van der Waals surface area contributed by atoms with Crippen molar-refractivity contribution < 1.29 is 8.42 Å². The molecule has 0 aliphatic carbocycles. The van der Waals surface area contributed by atoms with E-state index < -0.39 is 9.84 Å². The molecule has 0 fully saturated rings. The molecule has 92 valence electrons. The van der Waals surface area contributed by atoms with Gasteiger partial charge in [-0.3, -0.25) is 0 Å². The molecule has 0 radical (unpaired) electrons. The van der Waals surface area contributed by atoms with Gasteiger partial charge < -0.3 is 10.2 Å². The molecule has 0 aliphatic rings. The Hall–Kier alpha value is -0.130. The zero-order valence-corrected chi connectivity index (χ0v) is 11.3. The van der Waals surface area contributed by atoms with Crippen LogP contribution in [-0.4, -0.2) is 59.1 Å². The quantitative estimate of drug-likeness (QED) is 0.642. The Morgan fingerprint density at radius 2 is 1.80 bits per heavy atom. The zero-order valence-electron chi connectivity index (χ0n) is 10.5. The Bertz CT molecular complexity index is 271. The molecule has 0 atom stereocenters. The van der Waals surface area contributed by atoms with Gasteiger partial charge in [0.15, 0.2) is 0 Å². The van der Waals surface area contributed by atoms with E-state index in [9.17, 15) is 8.42 Å². The van der Waals surface area contributed by atoms with Crippen LogP contribution in [0, 0.1) is 5.41 Å². The van der Waals surface area contributed by atoms with Gasteiger partial charge in [0, 0.05) is 25.9 Å². The topological polar surface area (TPSA) is 49.4 Å². The first kappa shape index (κ1) is 14.9. The second-order valence-electron chi connectivity index (χ2n) is 5.21. The van der Waals surface area contributed by atoms with Crippen LogP contribution in [0.25, 0.3) is 0 Å². The summed E-state index contributed by atoms with van der Waals surface area (Å²) in [5, 5.41) is 3.18. The van der Waals surface area contributed by atoms with Gasteiger partial charge in [-0.05, 0) is 19.5 Å². The lowest BCUT2D eigenvalue weighted by Gasteiger charge is -2.28. The van der Waals surface area contributed by atoms with Crippen molar-refractivity contribution in [3.05, 3.63) is 0 Å². The highest BCUT2D eigenvalue weighted by molar-refractivity contribution is 7.90. The van der Waals surface area contributed by atoms with Crippen molar-refractivity contribution in [1.29, 1.82) is 0 Å².